The first-order chi connectivity index (χ1) is 28.0. The molecule has 16 nitrogen and oxygen atoms in total. The summed E-state index contributed by atoms with van der Waals surface area (Å²) in [4.78, 5) is 83.4. The normalized spacial score (nSPS) is 14.6. The van der Waals surface area contributed by atoms with Crippen LogP contribution in [0.4, 0.5) is 9.59 Å². The number of ether oxygens (including phenoxy) is 2. The molecular formula is C42H46N8O8. The van der Waals surface area contributed by atoms with E-state index in [1.807, 2.05) is 51.1 Å². The second-order valence-corrected chi connectivity index (χ2v) is 14.7. The van der Waals surface area contributed by atoms with Gasteiger partial charge in [0.15, 0.2) is 0 Å². The summed E-state index contributed by atoms with van der Waals surface area (Å²) >= 11 is 0. The Morgan fingerprint density at radius 3 is 2.41 bits per heavy atom. The van der Waals surface area contributed by atoms with E-state index in [1.165, 1.54) is 14.2 Å². The van der Waals surface area contributed by atoms with E-state index in [4.69, 9.17) is 9.15 Å². The molecule has 1 aliphatic rings. The van der Waals surface area contributed by atoms with Crippen LogP contribution in [0.2, 0.25) is 0 Å². The summed E-state index contributed by atoms with van der Waals surface area (Å²) in [6.07, 6.45) is 4.31. The van der Waals surface area contributed by atoms with Gasteiger partial charge in [-0.25, -0.2) is 19.6 Å². The van der Waals surface area contributed by atoms with Gasteiger partial charge in [-0.3, -0.25) is 14.4 Å². The number of hydrogen-bond acceptors (Lipinski definition) is 10. The average molecular weight is 791 g/mol. The number of nitrogens with one attached hydrogen (secondary N) is 4. The highest BCUT2D eigenvalue weighted by Gasteiger charge is 2.32. The van der Waals surface area contributed by atoms with Crippen molar-refractivity contribution in [2.24, 2.45) is 5.92 Å². The van der Waals surface area contributed by atoms with Crippen LogP contribution in [0.1, 0.15) is 57.7 Å². The zero-order valence-corrected chi connectivity index (χ0v) is 33.0. The number of imidazole rings is 2. The van der Waals surface area contributed by atoms with Crippen LogP contribution >= 0.6 is 0 Å². The summed E-state index contributed by atoms with van der Waals surface area (Å²) in [5.41, 5.74) is 3.74. The van der Waals surface area contributed by atoms with Gasteiger partial charge in [0.05, 0.1) is 61.4 Å². The Bertz CT molecular complexity index is 2580. The first-order valence-corrected chi connectivity index (χ1v) is 19.3. The smallest absolute Gasteiger partial charge is 0.407 e. The van der Waals surface area contributed by atoms with Crippen LogP contribution < -0.4 is 16.1 Å². The Hall–Kier alpha value is -6.71. The number of carbonyl (C=O) groups excluding carboxylic acids is 4. The molecule has 4 amide bonds. The molecule has 1 saturated heterocycles. The van der Waals surface area contributed by atoms with Crippen molar-refractivity contribution in [3.05, 3.63) is 82.8 Å². The lowest BCUT2D eigenvalue weighted by Gasteiger charge is -2.28. The molecule has 4 heterocycles. The van der Waals surface area contributed by atoms with E-state index in [-0.39, 0.29) is 42.3 Å². The molecule has 0 radical (unpaired) electrons. The molecule has 16 heteroatoms. The van der Waals surface area contributed by atoms with Crippen molar-refractivity contribution in [3.8, 4) is 22.5 Å². The Morgan fingerprint density at radius 1 is 0.931 bits per heavy atom. The quantitative estimate of drug-likeness (QED) is 0.0838. The lowest BCUT2D eigenvalue weighted by molar-refractivity contribution is -0.135. The van der Waals surface area contributed by atoms with Gasteiger partial charge in [-0.2, -0.15) is 0 Å². The monoisotopic (exact) mass is 790 g/mol. The molecule has 0 aliphatic carbocycles. The molecular weight excluding hydrogens is 745 g/mol. The molecule has 0 bridgehead atoms. The number of carbonyl (C=O) groups is 4. The lowest BCUT2D eigenvalue weighted by atomic mass is 10.00. The number of hydrogen-bond donors (Lipinski definition) is 4. The van der Waals surface area contributed by atoms with Gasteiger partial charge in [-0.15, -0.1) is 0 Å². The number of methoxy groups -OCH3 is 2. The molecule has 302 valence electrons. The van der Waals surface area contributed by atoms with Crippen LogP contribution in [0, 0.1) is 5.92 Å². The van der Waals surface area contributed by atoms with Gasteiger partial charge in [0.1, 0.15) is 35.4 Å². The van der Waals surface area contributed by atoms with Gasteiger partial charge in [0, 0.05) is 24.2 Å². The largest absolute Gasteiger partial charge is 0.456 e. The van der Waals surface area contributed by atoms with E-state index in [2.05, 4.69) is 35.3 Å². The van der Waals surface area contributed by atoms with Crippen molar-refractivity contribution >= 4 is 56.7 Å². The van der Waals surface area contributed by atoms with Crippen molar-refractivity contribution in [2.75, 3.05) is 33.9 Å². The molecule has 1 fully saturated rings. The topological polar surface area (TPSA) is 205 Å². The Kier molecular flexibility index (Phi) is 11.4. The van der Waals surface area contributed by atoms with Gasteiger partial charge >= 0.3 is 12.2 Å². The number of aromatic amines is 2. The highest BCUT2D eigenvalue weighted by Crippen LogP contribution is 2.34. The Labute approximate surface area is 333 Å². The summed E-state index contributed by atoms with van der Waals surface area (Å²) < 4.78 is 15.6. The van der Waals surface area contributed by atoms with Gasteiger partial charge in [0.2, 0.25) is 17.2 Å². The summed E-state index contributed by atoms with van der Waals surface area (Å²) in [6.45, 7) is 6.78. The summed E-state index contributed by atoms with van der Waals surface area (Å²) in [7, 11) is 2.51. The molecule has 1 unspecified atom stereocenters. The molecule has 3 aromatic carbocycles. The molecule has 4 N–H and O–H groups in total. The van der Waals surface area contributed by atoms with Crippen LogP contribution in [0.25, 0.3) is 55.2 Å². The summed E-state index contributed by atoms with van der Waals surface area (Å²) in [6, 6.07) is 13.9. The fourth-order valence-electron chi connectivity index (χ4n) is 7.54. The number of rotatable bonds is 12. The van der Waals surface area contributed by atoms with Crippen LogP contribution in [0.15, 0.2) is 70.1 Å². The van der Waals surface area contributed by atoms with E-state index in [0.29, 0.717) is 52.4 Å². The highest BCUT2D eigenvalue weighted by atomic mass is 16.5. The summed E-state index contributed by atoms with van der Waals surface area (Å²) in [5, 5.41) is 7.53. The Morgan fingerprint density at radius 2 is 1.66 bits per heavy atom. The number of aromatic nitrogens is 4. The number of amides is 4. The number of likely N-dealkylation sites (tertiary alicyclic amines) is 1. The zero-order chi connectivity index (χ0) is 41.1. The van der Waals surface area contributed by atoms with Crippen molar-refractivity contribution in [3.63, 3.8) is 0 Å². The third-order valence-corrected chi connectivity index (χ3v) is 10.5. The predicted octanol–water partition coefficient (Wildman–Crippen LogP) is 6.02. The molecule has 7 rings (SSSR count). The zero-order valence-electron chi connectivity index (χ0n) is 33.0. The van der Waals surface area contributed by atoms with Crippen LogP contribution in [-0.4, -0.2) is 93.6 Å². The van der Waals surface area contributed by atoms with Crippen LogP contribution in [0.5, 0.6) is 0 Å². The third kappa shape index (κ3) is 7.94. The standard InChI is InChI=1S/C42H46N8O8/c1-6-15-49(40(53)37(23(2)3)48-42(55)57-5)22-34-43-19-29(46-34)25-9-12-27-24(17-25)10-14-33-36(27)38(52)28-18-26(11-13-32(28)58-33)30-20-44-39(47-30)31-8-7-16-50(31)35(51)21-45-41(54)56-4/h9-14,17-20,23,31,37H,6-8,15-16,21-22H2,1-5H3,(H,43,46)(H,44,47)(H,45,54)(H,48,55)/t31-,37?/m0/s1. The molecule has 0 saturated carbocycles. The van der Waals surface area contributed by atoms with Crippen molar-refractivity contribution in [1.29, 1.82) is 0 Å². The number of H-pyrrole nitrogens is 2. The van der Waals surface area contributed by atoms with E-state index >= 15 is 0 Å². The number of alkyl carbamates (subject to hydrolysis) is 2. The minimum Gasteiger partial charge on any atom is -0.456 e. The SMILES string of the molecule is CCCN(Cc1ncc(-c2ccc3c(ccc4oc5ccc(-c6cnc([C@@H]7CCCN7C(=O)CNC(=O)OC)[nH]6)cc5c(=O)c43)c2)[nH]1)C(=O)C(NC(=O)OC)C(C)C. The van der Waals surface area contributed by atoms with E-state index in [9.17, 15) is 24.0 Å². The maximum Gasteiger partial charge on any atom is 0.407 e. The molecule has 2 atom stereocenters. The first-order valence-electron chi connectivity index (χ1n) is 19.3. The van der Waals surface area contributed by atoms with Crippen molar-refractivity contribution in [1.82, 2.24) is 40.4 Å². The minimum absolute atomic E-state index is 0.155. The molecule has 6 aromatic rings. The maximum atomic E-state index is 14.2. The molecule has 58 heavy (non-hydrogen) atoms. The number of benzene rings is 3. The third-order valence-electron chi connectivity index (χ3n) is 10.5. The number of fused-ring (bicyclic) bond motifs is 4. The van der Waals surface area contributed by atoms with E-state index in [0.717, 1.165) is 46.9 Å². The average Bonchev–Trinajstić information content (AvgIpc) is 4.03. The van der Waals surface area contributed by atoms with Crippen LogP contribution in [0.3, 0.4) is 0 Å². The van der Waals surface area contributed by atoms with Crippen molar-refractivity contribution in [2.45, 2.75) is 58.7 Å². The molecule has 3 aromatic heterocycles. The number of nitrogens with zero attached hydrogens (tertiary/aromatic N) is 4. The van der Waals surface area contributed by atoms with Crippen LogP contribution in [-0.2, 0) is 25.6 Å². The lowest BCUT2D eigenvalue weighted by Crippen LogP contribution is -2.51. The highest BCUT2D eigenvalue weighted by molar-refractivity contribution is 6.09. The van der Waals surface area contributed by atoms with E-state index < -0.39 is 18.2 Å². The van der Waals surface area contributed by atoms with Gasteiger partial charge in [-0.1, -0.05) is 39.0 Å². The predicted molar refractivity (Wildman–Crippen MR) is 217 cm³/mol. The van der Waals surface area contributed by atoms with Gasteiger partial charge < -0.3 is 44.3 Å². The second-order valence-electron chi connectivity index (χ2n) is 14.7. The van der Waals surface area contributed by atoms with Crippen molar-refractivity contribution < 1.29 is 33.1 Å². The van der Waals surface area contributed by atoms with Gasteiger partial charge in [-0.05, 0) is 66.3 Å². The second kappa shape index (κ2) is 16.8. The minimum atomic E-state index is -0.750. The van der Waals surface area contributed by atoms with E-state index in [1.54, 1.807) is 40.4 Å². The fourth-order valence-corrected chi connectivity index (χ4v) is 7.54. The Balaban J connectivity index is 1.13. The first kappa shape index (κ1) is 39.5. The molecule has 0 spiro atoms. The molecule has 1 aliphatic heterocycles. The van der Waals surface area contributed by atoms with Gasteiger partial charge in [0.25, 0.3) is 0 Å². The summed E-state index contributed by atoms with van der Waals surface area (Å²) in [5.74, 6) is 0.601. The maximum absolute atomic E-state index is 14.2. The fraction of sp³-hybridized carbons (Fsp3) is 0.357.